The summed E-state index contributed by atoms with van der Waals surface area (Å²) in [6, 6.07) is 6.32. The first-order valence-corrected chi connectivity index (χ1v) is 14.0. The van der Waals surface area contributed by atoms with E-state index in [0.29, 0.717) is 17.5 Å². The number of imidazole rings is 1. The minimum absolute atomic E-state index is 0.148. The van der Waals surface area contributed by atoms with Crippen LogP contribution >= 0.6 is 0 Å². The Labute approximate surface area is 230 Å². The molecule has 0 saturated carbocycles. The zero-order chi connectivity index (χ0) is 27.4. The molecular weight excluding hydrogens is 496 g/mol. The summed E-state index contributed by atoms with van der Waals surface area (Å²) in [5.41, 5.74) is 4.16. The molecule has 1 atom stereocenters. The van der Waals surface area contributed by atoms with Gasteiger partial charge in [0.05, 0.1) is 24.0 Å². The average molecular weight is 537 g/mol. The molecule has 0 aliphatic carbocycles. The van der Waals surface area contributed by atoms with Gasteiger partial charge in [-0.05, 0) is 45.2 Å². The van der Waals surface area contributed by atoms with Crippen molar-refractivity contribution in [3.8, 4) is 17.0 Å². The Kier molecular flexibility index (Phi) is 8.52. The number of carbonyl (C=O) groups is 1. The summed E-state index contributed by atoms with van der Waals surface area (Å²) in [7, 11) is 1.59. The first kappa shape index (κ1) is 27.2. The zero-order valence-corrected chi connectivity index (χ0v) is 23.5. The lowest BCUT2D eigenvalue weighted by Gasteiger charge is -2.40. The number of carbonyl (C=O) groups excluding carboxylic acids is 1. The highest BCUT2D eigenvalue weighted by molar-refractivity contribution is 5.89. The molecule has 10 nitrogen and oxygen atoms in total. The number of fused-ring (bicyclic) bond motifs is 1. The van der Waals surface area contributed by atoms with Gasteiger partial charge in [0.1, 0.15) is 17.5 Å². The molecular formula is C29H40N6O4. The van der Waals surface area contributed by atoms with Crippen LogP contribution in [0.25, 0.3) is 16.8 Å². The van der Waals surface area contributed by atoms with E-state index in [0.717, 1.165) is 93.5 Å². The van der Waals surface area contributed by atoms with Crippen LogP contribution in [0.15, 0.2) is 30.6 Å². The van der Waals surface area contributed by atoms with Crippen LogP contribution < -0.4 is 15.0 Å². The van der Waals surface area contributed by atoms with Gasteiger partial charge in [0.2, 0.25) is 5.95 Å². The van der Waals surface area contributed by atoms with Gasteiger partial charge in [-0.15, -0.1) is 0 Å². The molecule has 0 radical (unpaired) electrons. The largest absolute Gasteiger partial charge is 0.495 e. The number of hydrogen-bond acceptors (Lipinski definition) is 8. The number of piperazine rings is 1. The number of benzene rings is 1. The third-order valence-corrected chi connectivity index (χ3v) is 7.74. The van der Waals surface area contributed by atoms with Crippen molar-refractivity contribution in [3.05, 3.63) is 36.3 Å². The second-order valence-electron chi connectivity index (χ2n) is 10.4. The van der Waals surface area contributed by atoms with Crippen LogP contribution in [-0.4, -0.2) is 84.0 Å². The minimum Gasteiger partial charge on any atom is -0.495 e. The van der Waals surface area contributed by atoms with Crippen molar-refractivity contribution in [1.29, 1.82) is 0 Å². The molecule has 2 aromatic heterocycles. The predicted molar refractivity (Wildman–Crippen MR) is 152 cm³/mol. The molecule has 0 spiro atoms. The van der Waals surface area contributed by atoms with Gasteiger partial charge in [0.15, 0.2) is 0 Å². The Bertz CT molecular complexity index is 1280. The van der Waals surface area contributed by atoms with Gasteiger partial charge >= 0.3 is 6.09 Å². The Morgan fingerprint density at radius 1 is 1.21 bits per heavy atom. The number of aryl methyl sites for hydroxylation is 1. The molecule has 2 aliphatic heterocycles. The molecule has 3 aromatic rings. The van der Waals surface area contributed by atoms with Gasteiger partial charge in [0.25, 0.3) is 0 Å². The van der Waals surface area contributed by atoms with E-state index in [-0.39, 0.29) is 6.10 Å². The average Bonchev–Trinajstić information content (AvgIpc) is 3.35. The van der Waals surface area contributed by atoms with E-state index in [9.17, 15) is 4.79 Å². The summed E-state index contributed by atoms with van der Waals surface area (Å²) < 4.78 is 18.8. The van der Waals surface area contributed by atoms with Crippen molar-refractivity contribution in [2.75, 3.05) is 56.7 Å². The molecule has 39 heavy (non-hydrogen) atoms. The second kappa shape index (κ2) is 12.2. The number of anilines is 2. The SMILES string of the molecule is CCC[C@H](C)OC(=O)Nc1ccc(-c2nc(N3CCN(C4CCOCC4)CC3)n3ccnc(C)c23)cc1OC. The lowest BCUT2D eigenvalue weighted by atomic mass is 10.1. The van der Waals surface area contributed by atoms with Crippen LogP contribution in [-0.2, 0) is 9.47 Å². The van der Waals surface area contributed by atoms with Crippen molar-refractivity contribution in [2.45, 2.75) is 58.6 Å². The molecule has 210 valence electrons. The Hall–Kier alpha value is -3.37. The number of nitrogens with one attached hydrogen (secondary N) is 1. The Morgan fingerprint density at radius 3 is 2.69 bits per heavy atom. The zero-order valence-electron chi connectivity index (χ0n) is 23.5. The van der Waals surface area contributed by atoms with Crippen LogP contribution in [0.3, 0.4) is 0 Å². The number of hydrogen-bond donors (Lipinski definition) is 1. The smallest absolute Gasteiger partial charge is 0.412 e. The van der Waals surface area contributed by atoms with Gasteiger partial charge in [-0.3, -0.25) is 19.6 Å². The fourth-order valence-electron chi connectivity index (χ4n) is 5.67. The number of aromatic nitrogens is 3. The maximum absolute atomic E-state index is 12.4. The van der Waals surface area contributed by atoms with Crippen molar-refractivity contribution >= 4 is 23.2 Å². The van der Waals surface area contributed by atoms with E-state index >= 15 is 0 Å². The molecule has 1 aromatic carbocycles. The fraction of sp³-hybridized carbons (Fsp3) is 0.552. The standard InChI is InChI=1S/C29H40N6O4/c1-5-6-20(2)39-29(36)31-24-8-7-22(19-25(24)37-4)26-27-21(3)30-11-12-35(27)28(32-26)34-15-13-33(14-16-34)23-9-17-38-18-10-23/h7-8,11-12,19-20,23H,5-6,9-10,13-18H2,1-4H3,(H,31,36)/t20-/m0/s1. The third-order valence-electron chi connectivity index (χ3n) is 7.74. The van der Waals surface area contributed by atoms with E-state index in [2.05, 4.69) is 31.4 Å². The van der Waals surface area contributed by atoms with Crippen LogP contribution in [0.4, 0.5) is 16.4 Å². The normalized spacial score (nSPS) is 17.8. The highest BCUT2D eigenvalue weighted by Crippen LogP contribution is 2.35. The first-order chi connectivity index (χ1) is 19.0. The maximum atomic E-state index is 12.4. The van der Waals surface area contributed by atoms with Crippen LogP contribution in [0, 0.1) is 6.92 Å². The Balaban J connectivity index is 1.39. The molecule has 2 saturated heterocycles. The van der Waals surface area contributed by atoms with E-state index in [1.807, 2.05) is 44.4 Å². The van der Waals surface area contributed by atoms with Crippen LogP contribution in [0.2, 0.25) is 0 Å². The van der Waals surface area contributed by atoms with Gasteiger partial charge < -0.3 is 19.1 Å². The molecule has 5 rings (SSSR count). The number of nitrogens with zero attached hydrogens (tertiary/aromatic N) is 5. The Morgan fingerprint density at radius 2 is 1.97 bits per heavy atom. The number of amides is 1. The summed E-state index contributed by atoms with van der Waals surface area (Å²) in [6.45, 7) is 11.6. The van der Waals surface area contributed by atoms with Crippen LogP contribution in [0.1, 0.15) is 45.2 Å². The number of ether oxygens (including phenoxy) is 3. The summed E-state index contributed by atoms with van der Waals surface area (Å²) in [5, 5.41) is 2.82. The van der Waals surface area contributed by atoms with Crippen molar-refractivity contribution in [3.63, 3.8) is 0 Å². The van der Waals surface area contributed by atoms with E-state index in [4.69, 9.17) is 19.2 Å². The quantitative estimate of drug-likeness (QED) is 0.441. The number of rotatable bonds is 8. The first-order valence-electron chi connectivity index (χ1n) is 14.0. The van der Waals surface area contributed by atoms with Gasteiger partial charge in [-0.25, -0.2) is 9.78 Å². The monoisotopic (exact) mass is 536 g/mol. The maximum Gasteiger partial charge on any atom is 0.412 e. The minimum atomic E-state index is -0.489. The van der Waals surface area contributed by atoms with Crippen molar-refractivity contribution in [2.24, 2.45) is 0 Å². The van der Waals surface area contributed by atoms with E-state index in [1.54, 1.807) is 7.11 Å². The van der Waals surface area contributed by atoms with Gasteiger partial charge in [-0.2, -0.15) is 0 Å². The highest BCUT2D eigenvalue weighted by Gasteiger charge is 2.28. The van der Waals surface area contributed by atoms with Crippen LogP contribution in [0.5, 0.6) is 5.75 Å². The molecule has 2 aliphatic rings. The number of methoxy groups -OCH3 is 1. The van der Waals surface area contributed by atoms with Gasteiger partial charge in [-0.1, -0.05) is 19.4 Å². The van der Waals surface area contributed by atoms with Crippen molar-refractivity contribution < 1.29 is 19.0 Å². The molecule has 4 heterocycles. The van der Waals surface area contributed by atoms with Gasteiger partial charge in [0, 0.05) is 63.4 Å². The lowest BCUT2D eigenvalue weighted by molar-refractivity contribution is 0.0320. The second-order valence-corrected chi connectivity index (χ2v) is 10.4. The molecule has 10 heteroatoms. The lowest BCUT2D eigenvalue weighted by Crippen LogP contribution is -2.52. The highest BCUT2D eigenvalue weighted by atomic mass is 16.6. The van der Waals surface area contributed by atoms with E-state index in [1.165, 1.54) is 0 Å². The molecule has 1 amide bonds. The predicted octanol–water partition coefficient (Wildman–Crippen LogP) is 4.75. The molecule has 1 N–H and O–H groups in total. The fourth-order valence-corrected chi connectivity index (χ4v) is 5.67. The van der Waals surface area contributed by atoms with E-state index < -0.39 is 6.09 Å². The third kappa shape index (κ3) is 5.96. The summed E-state index contributed by atoms with van der Waals surface area (Å²) in [5.74, 6) is 1.47. The molecule has 2 fully saturated rings. The topological polar surface area (TPSA) is 93.5 Å². The summed E-state index contributed by atoms with van der Waals surface area (Å²) in [4.78, 5) is 27.1. The summed E-state index contributed by atoms with van der Waals surface area (Å²) >= 11 is 0. The molecule has 0 bridgehead atoms. The van der Waals surface area contributed by atoms with Crippen molar-refractivity contribution in [1.82, 2.24) is 19.3 Å². The summed E-state index contributed by atoms with van der Waals surface area (Å²) in [6.07, 6.45) is 7.17. The molecule has 0 unspecified atom stereocenters.